The molecule has 25 heavy (non-hydrogen) atoms. The molecule has 0 aliphatic rings. The molecule has 136 valence electrons. The summed E-state index contributed by atoms with van der Waals surface area (Å²) in [6.07, 6.45) is -0.325. The van der Waals surface area contributed by atoms with E-state index in [1.807, 2.05) is 0 Å². The second-order valence-corrected chi connectivity index (χ2v) is 5.45. The normalized spacial score (nSPS) is 12.7. The van der Waals surface area contributed by atoms with Crippen LogP contribution in [-0.2, 0) is 25.5 Å². The van der Waals surface area contributed by atoms with Gasteiger partial charge in [0.25, 0.3) is 5.69 Å². The molecule has 1 aromatic rings. The molecule has 2 N–H and O–H groups in total. The highest BCUT2D eigenvalue weighted by Gasteiger charge is 2.26. The molecular formula is C16H20N2O7. The highest BCUT2D eigenvalue weighted by atomic mass is 16.6. The smallest absolute Gasteiger partial charge is 0.326 e. The third-order valence-electron chi connectivity index (χ3n) is 3.40. The highest BCUT2D eigenvalue weighted by Crippen LogP contribution is 2.14. The number of carbonyl (C=O) groups is 3. The maximum atomic E-state index is 12.0. The molecule has 1 rings (SSSR count). The molecule has 9 heteroatoms. The molecule has 0 saturated heterocycles. The monoisotopic (exact) mass is 352 g/mol. The average Bonchev–Trinajstić information content (AvgIpc) is 2.54. The van der Waals surface area contributed by atoms with E-state index in [9.17, 15) is 29.6 Å². The molecule has 1 amide bonds. The number of aliphatic carboxylic acids is 1. The lowest BCUT2D eigenvalue weighted by atomic mass is 10.0. The fourth-order valence-corrected chi connectivity index (χ4v) is 2.17. The number of nitro groups is 1. The number of hydrogen-bond acceptors (Lipinski definition) is 6. The molecule has 0 saturated carbocycles. The maximum Gasteiger partial charge on any atom is 0.326 e. The Labute approximate surface area is 144 Å². The Morgan fingerprint density at radius 3 is 2.60 bits per heavy atom. The second kappa shape index (κ2) is 9.36. The predicted molar refractivity (Wildman–Crippen MR) is 86.8 cm³/mol. The van der Waals surface area contributed by atoms with E-state index in [1.54, 1.807) is 6.92 Å². The molecule has 0 bridgehead atoms. The number of esters is 1. The lowest BCUT2D eigenvalue weighted by Gasteiger charge is -2.18. The van der Waals surface area contributed by atoms with Gasteiger partial charge in [-0.1, -0.05) is 19.1 Å². The Bertz CT molecular complexity index is 660. The molecule has 9 nitrogen and oxygen atoms in total. The third kappa shape index (κ3) is 6.58. The largest absolute Gasteiger partial charge is 0.480 e. The molecule has 0 aliphatic heterocycles. The zero-order chi connectivity index (χ0) is 19.0. The summed E-state index contributed by atoms with van der Waals surface area (Å²) in [6, 6.07) is 4.26. The van der Waals surface area contributed by atoms with Crippen molar-refractivity contribution < 1.29 is 29.2 Å². The van der Waals surface area contributed by atoms with Crippen LogP contribution in [0.1, 0.15) is 25.8 Å². The molecule has 0 fully saturated rings. The number of non-ortho nitro benzene ring substituents is 1. The fourth-order valence-electron chi connectivity index (χ4n) is 2.17. The van der Waals surface area contributed by atoms with Crippen molar-refractivity contribution in [1.29, 1.82) is 0 Å². The van der Waals surface area contributed by atoms with Crippen LogP contribution >= 0.6 is 0 Å². The fraction of sp³-hybridized carbons (Fsp3) is 0.438. The molecule has 0 aromatic heterocycles. The minimum Gasteiger partial charge on any atom is -0.480 e. The average molecular weight is 352 g/mol. The van der Waals surface area contributed by atoms with Crippen LogP contribution in [0.3, 0.4) is 0 Å². The summed E-state index contributed by atoms with van der Waals surface area (Å²) < 4.78 is 4.81. The van der Waals surface area contributed by atoms with Crippen molar-refractivity contribution in [3.05, 3.63) is 39.9 Å². The number of amides is 1. The van der Waals surface area contributed by atoms with Crippen LogP contribution < -0.4 is 5.32 Å². The van der Waals surface area contributed by atoms with E-state index in [0.29, 0.717) is 5.56 Å². The quantitative estimate of drug-likeness (QED) is 0.388. The summed E-state index contributed by atoms with van der Waals surface area (Å²) in [6.45, 7) is 3.33. The van der Waals surface area contributed by atoms with Crippen LogP contribution in [-0.4, -0.2) is 40.5 Å². The lowest BCUT2D eigenvalue weighted by Crippen LogP contribution is -2.43. The number of hydrogen-bond donors (Lipinski definition) is 2. The first-order chi connectivity index (χ1) is 11.7. The van der Waals surface area contributed by atoms with Crippen molar-refractivity contribution >= 4 is 23.5 Å². The van der Waals surface area contributed by atoms with Gasteiger partial charge in [-0.2, -0.15) is 0 Å². The Kier molecular flexibility index (Phi) is 7.51. The molecule has 1 aromatic carbocycles. The Morgan fingerprint density at radius 1 is 1.36 bits per heavy atom. The van der Waals surface area contributed by atoms with Gasteiger partial charge in [0.15, 0.2) is 0 Å². The van der Waals surface area contributed by atoms with Gasteiger partial charge in [0, 0.05) is 12.1 Å². The van der Waals surface area contributed by atoms with Crippen molar-refractivity contribution in [2.45, 2.75) is 32.7 Å². The van der Waals surface area contributed by atoms with E-state index in [4.69, 9.17) is 4.74 Å². The maximum absolute atomic E-state index is 12.0. The van der Waals surface area contributed by atoms with E-state index in [2.05, 4.69) is 5.32 Å². The van der Waals surface area contributed by atoms with Crippen LogP contribution in [0.4, 0.5) is 5.69 Å². The van der Waals surface area contributed by atoms with E-state index in [-0.39, 0.29) is 25.1 Å². The molecule has 0 spiro atoms. The summed E-state index contributed by atoms with van der Waals surface area (Å²) in [5.74, 6) is -3.12. The van der Waals surface area contributed by atoms with Gasteiger partial charge in [0.1, 0.15) is 6.04 Å². The number of nitro benzene ring substituents is 1. The number of nitrogens with one attached hydrogen (secondary N) is 1. The van der Waals surface area contributed by atoms with Crippen LogP contribution in [0.2, 0.25) is 0 Å². The molecule has 0 heterocycles. The molecule has 0 unspecified atom stereocenters. The number of benzene rings is 1. The first kappa shape index (κ1) is 20.1. The minimum atomic E-state index is -1.27. The summed E-state index contributed by atoms with van der Waals surface area (Å²) in [5.41, 5.74) is 0.227. The van der Waals surface area contributed by atoms with Crippen molar-refractivity contribution in [2.75, 3.05) is 6.61 Å². The number of ether oxygens (including phenoxy) is 1. The third-order valence-corrected chi connectivity index (χ3v) is 3.40. The second-order valence-electron chi connectivity index (χ2n) is 5.45. The van der Waals surface area contributed by atoms with Crippen LogP contribution in [0.25, 0.3) is 0 Å². The van der Waals surface area contributed by atoms with E-state index >= 15 is 0 Å². The summed E-state index contributed by atoms with van der Waals surface area (Å²) in [5, 5.41) is 22.3. The number of carboxylic acid groups (broad SMARTS) is 1. The summed E-state index contributed by atoms with van der Waals surface area (Å²) in [4.78, 5) is 45.1. The summed E-state index contributed by atoms with van der Waals surface area (Å²) in [7, 11) is 0. The van der Waals surface area contributed by atoms with Crippen LogP contribution in [0, 0.1) is 16.0 Å². The van der Waals surface area contributed by atoms with Crippen molar-refractivity contribution in [2.24, 2.45) is 5.92 Å². The van der Waals surface area contributed by atoms with E-state index in [1.165, 1.54) is 31.2 Å². The molecule has 2 atom stereocenters. The Hall–Kier alpha value is -2.97. The van der Waals surface area contributed by atoms with Gasteiger partial charge in [-0.05, 0) is 18.9 Å². The van der Waals surface area contributed by atoms with Crippen molar-refractivity contribution in [1.82, 2.24) is 5.32 Å². The number of carbonyl (C=O) groups excluding carboxylic acids is 2. The van der Waals surface area contributed by atoms with Gasteiger partial charge in [-0.15, -0.1) is 0 Å². The Balaban J connectivity index is 2.70. The predicted octanol–water partition coefficient (Wildman–Crippen LogP) is 1.30. The number of rotatable bonds is 9. The zero-order valence-corrected chi connectivity index (χ0v) is 13.9. The van der Waals surface area contributed by atoms with Crippen molar-refractivity contribution in [3.63, 3.8) is 0 Å². The highest BCUT2D eigenvalue weighted by molar-refractivity contribution is 5.85. The van der Waals surface area contributed by atoms with E-state index < -0.39 is 34.7 Å². The van der Waals surface area contributed by atoms with Gasteiger partial charge in [-0.25, -0.2) is 4.79 Å². The van der Waals surface area contributed by atoms with Gasteiger partial charge < -0.3 is 15.2 Å². The molecular weight excluding hydrogens is 332 g/mol. The minimum absolute atomic E-state index is 0.116. The standard InChI is InChI=1S/C16H20N2O7/c1-3-25-16(22)10(2)7-13(15(20)21)17-14(19)9-11-5-4-6-12(8-11)18(23)24/h4-6,8,10,13H,3,7,9H2,1-2H3,(H,17,19)(H,20,21)/t10-,13+/m0/s1. The van der Waals surface area contributed by atoms with Crippen LogP contribution in [0.15, 0.2) is 24.3 Å². The van der Waals surface area contributed by atoms with Gasteiger partial charge in [0.2, 0.25) is 5.91 Å². The van der Waals surface area contributed by atoms with E-state index in [0.717, 1.165) is 0 Å². The zero-order valence-electron chi connectivity index (χ0n) is 13.9. The molecule has 0 aliphatic carbocycles. The molecule has 0 radical (unpaired) electrons. The first-order valence-electron chi connectivity index (χ1n) is 7.66. The first-order valence-corrected chi connectivity index (χ1v) is 7.66. The van der Waals surface area contributed by atoms with Gasteiger partial charge >= 0.3 is 11.9 Å². The van der Waals surface area contributed by atoms with Gasteiger partial charge in [0.05, 0.1) is 23.9 Å². The Morgan fingerprint density at radius 2 is 2.04 bits per heavy atom. The van der Waals surface area contributed by atoms with Crippen molar-refractivity contribution in [3.8, 4) is 0 Å². The summed E-state index contributed by atoms with van der Waals surface area (Å²) >= 11 is 0. The SMILES string of the molecule is CCOC(=O)[C@@H](C)C[C@@H](NC(=O)Cc1cccc([N+](=O)[O-])c1)C(=O)O. The lowest BCUT2D eigenvalue weighted by molar-refractivity contribution is -0.384. The number of carboxylic acids is 1. The van der Waals surface area contributed by atoms with Gasteiger partial charge in [-0.3, -0.25) is 19.7 Å². The topological polar surface area (TPSA) is 136 Å². The number of nitrogens with zero attached hydrogens (tertiary/aromatic N) is 1. The van der Waals surface area contributed by atoms with Crippen LogP contribution in [0.5, 0.6) is 0 Å².